The Morgan fingerprint density at radius 2 is 2.10 bits per heavy atom. The molecule has 0 aromatic heterocycles. The molecular weight excluding hydrogens is 169 g/mol. The number of thiol groups is 1. The second kappa shape index (κ2) is 3.67. The first-order valence-electron chi connectivity index (χ1n) is 2.89. The van der Waals surface area contributed by atoms with Gasteiger partial charge in [0.25, 0.3) is 0 Å². The van der Waals surface area contributed by atoms with Gasteiger partial charge in [-0.2, -0.15) is 12.6 Å². The SMILES string of the molecule is C[P+](=O)OC(N)C(C)(C)S. The largest absolute Gasteiger partial charge is 0.506 e. The van der Waals surface area contributed by atoms with E-state index in [0.29, 0.717) is 0 Å². The lowest BCUT2D eigenvalue weighted by atomic mass is 10.2. The van der Waals surface area contributed by atoms with Crippen molar-refractivity contribution in [2.75, 3.05) is 6.66 Å². The van der Waals surface area contributed by atoms with Crippen molar-refractivity contribution in [2.45, 2.75) is 24.8 Å². The summed E-state index contributed by atoms with van der Waals surface area (Å²) in [5, 5.41) is 0. The Bertz CT molecular complexity index is 134. The minimum absolute atomic E-state index is 0.443. The van der Waals surface area contributed by atoms with Crippen molar-refractivity contribution < 1.29 is 9.09 Å². The highest BCUT2D eigenvalue weighted by Crippen LogP contribution is 2.25. The van der Waals surface area contributed by atoms with Crippen molar-refractivity contribution in [2.24, 2.45) is 5.73 Å². The lowest BCUT2D eigenvalue weighted by molar-refractivity contribution is 0.190. The first kappa shape index (κ1) is 10.4. The predicted octanol–water partition coefficient (Wildman–Crippen LogP) is 1.37. The molecule has 0 saturated heterocycles. The topological polar surface area (TPSA) is 52.3 Å². The average Bonchev–Trinajstić information content (AvgIpc) is 1.60. The first-order chi connectivity index (χ1) is 4.34. The average molecular weight is 182 g/mol. The van der Waals surface area contributed by atoms with E-state index >= 15 is 0 Å². The van der Waals surface area contributed by atoms with Crippen molar-refractivity contribution in [1.82, 2.24) is 0 Å². The lowest BCUT2D eigenvalue weighted by Gasteiger charge is -2.20. The van der Waals surface area contributed by atoms with Gasteiger partial charge < -0.3 is 5.73 Å². The summed E-state index contributed by atoms with van der Waals surface area (Å²) < 4.78 is 14.9. The molecule has 0 aliphatic rings. The fraction of sp³-hybridized carbons (Fsp3) is 1.00. The van der Waals surface area contributed by atoms with Gasteiger partial charge in [-0.3, -0.25) is 0 Å². The second-order valence-electron chi connectivity index (χ2n) is 2.62. The van der Waals surface area contributed by atoms with E-state index in [9.17, 15) is 4.57 Å². The van der Waals surface area contributed by atoms with Gasteiger partial charge in [0.15, 0.2) is 12.9 Å². The van der Waals surface area contributed by atoms with Gasteiger partial charge in [-0.15, -0.1) is 4.52 Å². The molecule has 60 valence electrons. The summed E-state index contributed by atoms with van der Waals surface area (Å²) in [4.78, 5) is 0. The molecule has 2 N–H and O–H groups in total. The number of hydrogen-bond donors (Lipinski definition) is 2. The quantitative estimate of drug-likeness (QED) is 0.393. The Kier molecular flexibility index (Phi) is 3.81. The van der Waals surface area contributed by atoms with Crippen LogP contribution in [-0.2, 0) is 9.09 Å². The van der Waals surface area contributed by atoms with Crippen LogP contribution < -0.4 is 5.73 Å². The Hall–Kier alpha value is 0.370. The molecule has 0 heterocycles. The molecule has 2 atom stereocenters. The molecule has 0 aromatic carbocycles. The van der Waals surface area contributed by atoms with Gasteiger partial charge in [0.1, 0.15) is 0 Å². The Balaban J connectivity index is 3.85. The zero-order valence-corrected chi connectivity index (χ0v) is 8.15. The fourth-order valence-electron chi connectivity index (χ4n) is 0.289. The van der Waals surface area contributed by atoms with Crippen LogP contribution in [0.1, 0.15) is 13.8 Å². The van der Waals surface area contributed by atoms with Crippen LogP contribution in [0.4, 0.5) is 0 Å². The second-order valence-corrected chi connectivity index (χ2v) is 4.86. The highest BCUT2D eigenvalue weighted by molar-refractivity contribution is 7.81. The van der Waals surface area contributed by atoms with Crippen molar-refractivity contribution in [3.63, 3.8) is 0 Å². The minimum atomic E-state index is -1.63. The molecule has 0 saturated carbocycles. The lowest BCUT2D eigenvalue weighted by Crippen LogP contribution is -2.39. The van der Waals surface area contributed by atoms with E-state index in [1.54, 1.807) is 13.8 Å². The van der Waals surface area contributed by atoms with Gasteiger partial charge in [0.05, 0.1) is 4.75 Å². The number of nitrogens with two attached hydrogens (primary N) is 1. The Morgan fingerprint density at radius 1 is 1.70 bits per heavy atom. The summed E-state index contributed by atoms with van der Waals surface area (Å²) in [6.07, 6.45) is -0.579. The van der Waals surface area contributed by atoms with Crippen molar-refractivity contribution in [3.8, 4) is 0 Å². The molecule has 0 amide bonds. The molecule has 0 rings (SSSR count). The molecule has 0 aliphatic heterocycles. The number of hydrogen-bond acceptors (Lipinski definition) is 4. The van der Waals surface area contributed by atoms with E-state index < -0.39 is 19.0 Å². The van der Waals surface area contributed by atoms with Crippen LogP contribution in [0.3, 0.4) is 0 Å². The molecular formula is C5H13NO2PS+. The number of rotatable bonds is 3. The van der Waals surface area contributed by atoms with Gasteiger partial charge in [0.2, 0.25) is 0 Å². The Labute approximate surface area is 67.6 Å². The van der Waals surface area contributed by atoms with Gasteiger partial charge in [-0.1, -0.05) is 0 Å². The summed E-state index contributed by atoms with van der Waals surface area (Å²) in [6.45, 7) is 5.08. The minimum Gasteiger partial charge on any atom is -0.301 e. The normalized spacial score (nSPS) is 16.7. The monoisotopic (exact) mass is 182 g/mol. The van der Waals surface area contributed by atoms with Crippen LogP contribution in [0.25, 0.3) is 0 Å². The maximum absolute atomic E-state index is 10.5. The van der Waals surface area contributed by atoms with Crippen LogP contribution in [0.15, 0.2) is 0 Å². The van der Waals surface area contributed by atoms with Crippen LogP contribution in [0, 0.1) is 0 Å². The third-order valence-electron chi connectivity index (χ3n) is 0.958. The maximum atomic E-state index is 10.5. The molecule has 3 nitrogen and oxygen atoms in total. The molecule has 0 fully saturated rings. The molecule has 0 aliphatic carbocycles. The van der Waals surface area contributed by atoms with Gasteiger partial charge in [0, 0.05) is 0 Å². The first-order valence-corrected chi connectivity index (χ1v) is 4.97. The van der Waals surface area contributed by atoms with Crippen LogP contribution in [0.5, 0.6) is 0 Å². The van der Waals surface area contributed by atoms with E-state index in [1.807, 2.05) is 0 Å². The van der Waals surface area contributed by atoms with Crippen LogP contribution in [0.2, 0.25) is 0 Å². The summed E-state index contributed by atoms with van der Waals surface area (Å²) in [6, 6.07) is 0. The predicted molar refractivity (Wildman–Crippen MR) is 45.7 cm³/mol. The van der Waals surface area contributed by atoms with Gasteiger partial charge in [-0.25, -0.2) is 0 Å². The molecule has 0 spiro atoms. The fourth-order valence-corrected chi connectivity index (χ4v) is 1.01. The maximum Gasteiger partial charge on any atom is 0.506 e. The molecule has 2 unspecified atom stereocenters. The molecule has 0 aromatic rings. The highest BCUT2D eigenvalue weighted by Gasteiger charge is 2.28. The summed E-state index contributed by atoms with van der Waals surface area (Å²) >= 11 is 4.15. The molecule has 0 radical (unpaired) electrons. The standard InChI is InChI=1S/C5H12NO2PS/c1-5(2,10)4(6)8-9(3)7/h4H,6H2,1-3H3/p+1. The summed E-state index contributed by atoms with van der Waals surface area (Å²) in [7, 11) is -1.63. The molecule has 10 heavy (non-hydrogen) atoms. The summed E-state index contributed by atoms with van der Waals surface area (Å²) in [5.74, 6) is 0. The molecule has 0 bridgehead atoms. The van der Waals surface area contributed by atoms with Gasteiger partial charge >= 0.3 is 8.03 Å². The van der Waals surface area contributed by atoms with Crippen molar-refractivity contribution in [3.05, 3.63) is 0 Å². The zero-order valence-electron chi connectivity index (χ0n) is 6.37. The zero-order chi connectivity index (χ0) is 8.36. The van der Waals surface area contributed by atoms with Crippen molar-refractivity contribution in [1.29, 1.82) is 0 Å². The van der Waals surface area contributed by atoms with Crippen LogP contribution >= 0.6 is 20.7 Å². The summed E-state index contributed by atoms with van der Waals surface area (Å²) in [5.41, 5.74) is 5.47. The van der Waals surface area contributed by atoms with E-state index in [4.69, 9.17) is 10.3 Å². The van der Waals surface area contributed by atoms with E-state index in [0.717, 1.165) is 0 Å². The van der Waals surface area contributed by atoms with E-state index in [-0.39, 0.29) is 0 Å². The van der Waals surface area contributed by atoms with Gasteiger partial charge in [-0.05, 0) is 18.4 Å². The van der Waals surface area contributed by atoms with E-state index in [1.165, 1.54) is 6.66 Å². The highest BCUT2D eigenvalue weighted by atomic mass is 32.1. The third kappa shape index (κ3) is 4.23. The van der Waals surface area contributed by atoms with Crippen LogP contribution in [-0.4, -0.2) is 17.6 Å². The Morgan fingerprint density at radius 3 is 2.20 bits per heavy atom. The van der Waals surface area contributed by atoms with Crippen molar-refractivity contribution >= 4 is 20.7 Å². The van der Waals surface area contributed by atoms with E-state index in [2.05, 4.69) is 12.6 Å². The third-order valence-corrected chi connectivity index (χ3v) is 1.74. The molecule has 5 heteroatoms. The smallest absolute Gasteiger partial charge is 0.301 e.